The summed E-state index contributed by atoms with van der Waals surface area (Å²) in [6, 6.07) is 10.7. The van der Waals surface area contributed by atoms with Crippen LogP contribution in [-0.4, -0.2) is 28.6 Å². The largest absolute Gasteiger partial charge is 0.357 e. The summed E-state index contributed by atoms with van der Waals surface area (Å²) in [5.74, 6) is 0.854. The first-order chi connectivity index (χ1) is 12.3. The van der Waals surface area contributed by atoms with Crippen molar-refractivity contribution in [1.29, 1.82) is 0 Å². The molecule has 0 saturated carbocycles. The Morgan fingerprint density at radius 1 is 1.23 bits per heavy atom. The maximum Gasteiger partial charge on any atom is 0.191 e. The van der Waals surface area contributed by atoms with E-state index < -0.39 is 0 Å². The molecule has 0 aliphatic rings. The molecule has 0 aliphatic heterocycles. The van der Waals surface area contributed by atoms with Gasteiger partial charge < -0.3 is 15.2 Å². The van der Waals surface area contributed by atoms with Crippen LogP contribution in [-0.2, 0) is 13.1 Å². The second-order valence-corrected chi connectivity index (χ2v) is 7.23. The molecule has 26 heavy (non-hydrogen) atoms. The van der Waals surface area contributed by atoms with Crippen LogP contribution in [0.3, 0.4) is 0 Å². The van der Waals surface area contributed by atoms with Gasteiger partial charge in [0.1, 0.15) is 5.01 Å². The molecule has 2 N–H and O–H groups in total. The van der Waals surface area contributed by atoms with E-state index in [0.29, 0.717) is 6.54 Å². The third kappa shape index (κ3) is 5.70. The summed E-state index contributed by atoms with van der Waals surface area (Å²) in [7, 11) is 0. The third-order valence-corrected chi connectivity index (χ3v) is 4.83. The lowest BCUT2D eigenvalue weighted by Gasteiger charge is -2.11. The van der Waals surface area contributed by atoms with Crippen LogP contribution in [0.15, 0.2) is 47.7 Å². The summed E-state index contributed by atoms with van der Waals surface area (Å²) in [6.45, 7) is 7.50. The van der Waals surface area contributed by atoms with Crippen molar-refractivity contribution < 1.29 is 0 Å². The number of para-hydroxylation sites is 1. The van der Waals surface area contributed by atoms with E-state index in [1.165, 1.54) is 15.8 Å². The van der Waals surface area contributed by atoms with Crippen LogP contribution < -0.4 is 10.6 Å². The maximum atomic E-state index is 4.62. The first-order valence-corrected chi connectivity index (χ1v) is 9.55. The van der Waals surface area contributed by atoms with Gasteiger partial charge in [0.15, 0.2) is 5.96 Å². The molecule has 2 aromatic heterocycles. The number of guanidine groups is 1. The van der Waals surface area contributed by atoms with Crippen LogP contribution in [0.2, 0.25) is 0 Å². The number of hydrogen-bond acceptors (Lipinski definition) is 3. The number of nitrogens with zero attached hydrogens (tertiary/aromatic N) is 3. The summed E-state index contributed by atoms with van der Waals surface area (Å²) < 4.78 is 2.30. The van der Waals surface area contributed by atoms with Crippen molar-refractivity contribution in [2.75, 3.05) is 13.1 Å². The number of hydrogen-bond donors (Lipinski definition) is 2. The number of aryl methyl sites for hydroxylation is 2. The number of aliphatic imine (C=N–C) groups is 1. The minimum Gasteiger partial charge on any atom is -0.357 e. The number of fused-ring (bicyclic) bond motifs is 1. The molecular weight excluding hydrogens is 457 g/mol. The zero-order valence-electron chi connectivity index (χ0n) is 15.2. The minimum absolute atomic E-state index is 0. The number of benzene rings is 1. The fourth-order valence-electron chi connectivity index (χ4n) is 2.75. The van der Waals surface area contributed by atoms with Gasteiger partial charge in [-0.15, -0.1) is 35.3 Å². The summed E-state index contributed by atoms with van der Waals surface area (Å²) in [5, 5.41) is 9.05. The molecule has 3 rings (SSSR count). The summed E-state index contributed by atoms with van der Waals surface area (Å²) in [5.41, 5.74) is 1.29. The summed E-state index contributed by atoms with van der Waals surface area (Å²) >= 11 is 1.70. The van der Waals surface area contributed by atoms with Crippen molar-refractivity contribution >= 4 is 52.2 Å². The standard InChI is InChI=1S/C19H25N5S.HI/c1-3-20-19(23-14-18-22-13-15(2)25-18)21-10-6-11-24-12-9-16-7-4-5-8-17(16)24;/h4-5,7-9,12-13H,3,6,10-11,14H2,1-2H3,(H2,20,21,23);1H. The van der Waals surface area contributed by atoms with E-state index in [9.17, 15) is 0 Å². The maximum absolute atomic E-state index is 4.62. The highest BCUT2D eigenvalue weighted by molar-refractivity contribution is 14.0. The van der Waals surface area contributed by atoms with Gasteiger partial charge in [-0.1, -0.05) is 18.2 Å². The van der Waals surface area contributed by atoms with Crippen molar-refractivity contribution in [2.45, 2.75) is 33.4 Å². The van der Waals surface area contributed by atoms with Crippen molar-refractivity contribution in [2.24, 2.45) is 4.99 Å². The Morgan fingerprint density at radius 2 is 2.08 bits per heavy atom. The average Bonchev–Trinajstić information content (AvgIpc) is 3.22. The summed E-state index contributed by atoms with van der Waals surface area (Å²) in [4.78, 5) is 10.2. The molecule has 2 heterocycles. The molecule has 0 atom stereocenters. The molecule has 0 unspecified atom stereocenters. The highest BCUT2D eigenvalue weighted by atomic mass is 127. The Labute approximate surface area is 176 Å². The van der Waals surface area contributed by atoms with E-state index in [2.05, 4.69) is 75.6 Å². The highest BCUT2D eigenvalue weighted by Crippen LogP contribution is 2.15. The molecule has 0 fully saturated rings. The Balaban J connectivity index is 0.00000243. The second-order valence-electron chi connectivity index (χ2n) is 5.91. The molecule has 0 spiro atoms. The number of rotatable bonds is 7. The molecule has 5 nitrogen and oxygen atoms in total. The van der Waals surface area contributed by atoms with E-state index in [-0.39, 0.29) is 24.0 Å². The Kier molecular flexibility index (Phi) is 8.37. The lowest BCUT2D eigenvalue weighted by molar-refractivity contribution is 0.641. The lowest BCUT2D eigenvalue weighted by Crippen LogP contribution is -2.38. The molecule has 0 radical (unpaired) electrons. The number of halogens is 1. The lowest BCUT2D eigenvalue weighted by atomic mass is 10.2. The van der Waals surface area contributed by atoms with Crippen LogP contribution >= 0.6 is 35.3 Å². The second kappa shape index (κ2) is 10.5. The van der Waals surface area contributed by atoms with E-state index in [4.69, 9.17) is 0 Å². The van der Waals surface area contributed by atoms with Crippen LogP contribution in [0, 0.1) is 6.92 Å². The average molecular weight is 483 g/mol. The van der Waals surface area contributed by atoms with Crippen molar-refractivity contribution in [1.82, 2.24) is 20.2 Å². The van der Waals surface area contributed by atoms with Crippen LogP contribution in [0.25, 0.3) is 10.9 Å². The number of aromatic nitrogens is 2. The van der Waals surface area contributed by atoms with Crippen LogP contribution in [0.5, 0.6) is 0 Å². The van der Waals surface area contributed by atoms with Crippen molar-refractivity contribution in [3.8, 4) is 0 Å². The topological polar surface area (TPSA) is 54.2 Å². The predicted molar refractivity (Wildman–Crippen MR) is 122 cm³/mol. The highest BCUT2D eigenvalue weighted by Gasteiger charge is 2.02. The number of thiazole rings is 1. The third-order valence-electron chi connectivity index (χ3n) is 3.93. The van der Waals surface area contributed by atoms with Crippen molar-refractivity contribution in [3.05, 3.63) is 52.6 Å². The zero-order valence-corrected chi connectivity index (χ0v) is 18.4. The van der Waals surface area contributed by atoms with E-state index in [1.807, 2.05) is 6.20 Å². The van der Waals surface area contributed by atoms with Gasteiger partial charge in [0, 0.05) is 42.4 Å². The normalized spacial score (nSPS) is 11.4. The quantitative estimate of drug-likeness (QED) is 0.230. The van der Waals surface area contributed by atoms with Gasteiger partial charge >= 0.3 is 0 Å². The molecule has 0 bridgehead atoms. The molecule has 3 aromatic rings. The molecule has 7 heteroatoms. The van der Waals surface area contributed by atoms with E-state index in [1.54, 1.807) is 11.3 Å². The molecule has 0 aliphatic carbocycles. The fraction of sp³-hybridized carbons (Fsp3) is 0.368. The van der Waals surface area contributed by atoms with Crippen LogP contribution in [0.4, 0.5) is 0 Å². The first kappa shape index (κ1) is 20.7. The fourth-order valence-corrected chi connectivity index (χ4v) is 3.47. The van der Waals surface area contributed by atoms with Gasteiger partial charge in [0.2, 0.25) is 0 Å². The molecular formula is C19H26IN5S. The number of nitrogens with one attached hydrogen (secondary N) is 2. The van der Waals surface area contributed by atoms with E-state index in [0.717, 1.165) is 37.0 Å². The van der Waals surface area contributed by atoms with E-state index >= 15 is 0 Å². The molecule has 0 saturated heterocycles. The van der Waals surface area contributed by atoms with Gasteiger partial charge in [-0.05, 0) is 37.8 Å². The Morgan fingerprint density at radius 3 is 2.85 bits per heavy atom. The van der Waals surface area contributed by atoms with Gasteiger partial charge in [0.25, 0.3) is 0 Å². The SMILES string of the molecule is CCNC(=NCc1ncc(C)s1)NCCCn1ccc2ccccc21.I. The Hall–Kier alpha value is -1.61. The smallest absolute Gasteiger partial charge is 0.191 e. The monoisotopic (exact) mass is 483 g/mol. The minimum atomic E-state index is 0. The zero-order chi connectivity index (χ0) is 17.5. The first-order valence-electron chi connectivity index (χ1n) is 8.73. The van der Waals surface area contributed by atoms with Crippen LogP contribution in [0.1, 0.15) is 23.2 Å². The predicted octanol–water partition coefficient (Wildman–Crippen LogP) is 4.17. The summed E-state index contributed by atoms with van der Waals surface area (Å²) in [6.07, 6.45) is 5.10. The molecule has 140 valence electrons. The Bertz CT molecular complexity index is 839. The van der Waals surface area contributed by atoms with Gasteiger partial charge in [0.05, 0.1) is 6.54 Å². The molecule has 1 aromatic carbocycles. The van der Waals surface area contributed by atoms with Gasteiger partial charge in [-0.25, -0.2) is 9.98 Å². The van der Waals surface area contributed by atoms with Gasteiger partial charge in [-0.3, -0.25) is 0 Å². The molecule has 0 amide bonds. The van der Waals surface area contributed by atoms with Crippen molar-refractivity contribution in [3.63, 3.8) is 0 Å². The van der Waals surface area contributed by atoms with Gasteiger partial charge in [-0.2, -0.15) is 0 Å².